The molecule has 5 nitrogen and oxygen atoms in total. The van der Waals surface area contributed by atoms with Gasteiger partial charge in [-0.05, 0) is 12.0 Å². The molecule has 1 unspecified atom stereocenters. The Hall–Kier alpha value is -1.92. The van der Waals surface area contributed by atoms with Gasteiger partial charge in [0.25, 0.3) is 0 Å². The van der Waals surface area contributed by atoms with Gasteiger partial charge < -0.3 is 15.5 Å². The summed E-state index contributed by atoms with van der Waals surface area (Å²) in [6.45, 7) is 5.29. The van der Waals surface area contributed by atoms with E-state index in [1.54, 1.807) is 11.3 Å². The van der Waals surface area contributed by atoms with Crippen molar-refractivity contribution in [2.24, 2.45) is 5.73 Å². The molecule has 0 bridgehead atoms. The summed E-state index contributed by atoms with van der Waals surface area (Å²) in [5.74, 6) is 0.138. The lowest BCUT2D eigenvalue weighted by Crippen LogP contribution is -2.49. The summed E-state index contributed by atoms with van der Waals surface area (Å²) in [4.78, 5) is 22.5. The van der Waals surface area contributed by atoms with Gasteiger partial charge in [-0.3, -0.25) is 4.79 Å². The number of benzene rings is 1. The highest BCUT2D eigenvalue weighted by Crippen LogP contribution is 2.24. The molecule has 2 aromatic rings. The molecule has 1 atom stereocenters. The monoisotopic (exact) mass is 344 g/mol. The lowest BCUT2D eigenvalue weighted by molar-refractivity contribution is -0.131. The van der Waals surface area contributed by atoms with Crippen LogP contribution < -0.4 is 10.6 Å². The lowest BCUT2D eigenvalue weighted by Gasteiger charge is -2.35. The third-order valence-electron chi connectivity index (χ3n) is 4.41. The minimum Gasteiger partial charge on any atom is -0.345 e. The first kappa shape index (κ1) is 16.9. The second-order valence-electron chi connectivity index (χ2n) is 6.05. The first-order chi connectivity index (χ1) is 11.7. The molecule has 1 saturated heterocycles. The van der Waals surface area contributed by atoms with Gasteiger partial charge in [0.2, 0.25) is 5.91 Å². The smallest absolute Gasteiger partial charge is 0.224 e. The predicted molar refractivity (Wildman–Crippen MR) is 98.3 cm³/mol. The molecule has 1 aliphatic rings. The third-order valence-corrected chi connectivity index (χ3v) is 5.62. The van der Waals surface area contributed by atoms with Crippen LogP contribution in [-0.4, -0.2) is 42.0 Å². The number of anilines is 1. The lowest BCUT2D eigenvalue weighted by atomic mass is 10.0. The number of aromatic nitrogens is 1. The summed E-state index contributed by atoms with van der Waals surface area (Å²) >= 11 is 1.75. The summed E-state index contributed by atoms with van der Waals surface area (Å²) in [5, 5.41) is 1.07. The number of nitrogens with zero attached hydrogens (tertiary/aromatic N) is 3. The van der Waals surface area contributed by atoms with E-state index in [0.717, 1.165) is 43.3 Å². The highest BCUT2D eigenvalue weighted by atomic mass is 32.1. The van der Waals surface area contributed by atoms with E-state index in [-0.39, 0.29) is 11.9 Å². The fraction of sp³-hybridized carbons (Fsp3) is 0.444. The maximum Gasteiger partial charge on any atom is 0.224 e. The zero-order valence-electron chi connectivity index (χ0n) is 14.0. The molecule has 0 radical (unpaired) electrons. The zero-order valence-corrected chi connectivity index (χ0v) is 14.8. The average molecular weight is 344 g/mol. The van der Waals surface area contributed by atoms with Gasteiger partial charge in [-0.15, -0.1) is 11.3 Å². The Labute approximate surface area is 147 Å². The van der Waals surface area contributed by atoms with Crippen LogP contribution in [0.4, 0.5) is 5.13 Å². The minimum absolute atomic E-state index is 0.138. The van der Waals surface area contributed by atoms with Crippen LogP contribution in [-0.2, 0) is 11.2 Å². The molecular formula is C18H24N4OS. The van der Waals surface area contributed by atoms with Gasteiger partial charge in [-0.2, -0.15) is 0 Å². The van der Waals surface area contributed by atoms with Crippen molar-refractivity contribution in [3.63, 3.8) is 0 Å². The molecule has 1 amide bonds. The highest BCUT2D eigenvalue weighted by Gasteiger charge is 2.24. The first-order valence-corrected chi connectivity index (χ1v) is 9.27. The number of carbonyl (C=O) groups is 1. The van der Waals surface area contributed by atoms with E-state index in [9.17, 15) is 4.79 Å². The quantitative estimate of drug-likeness (QED) is 0.905. The highest BCUT2D eigenvalue weighted by molar-refractivity contribution is 7.15. The van der Waals surface area contributed by atoms with Crippen LogP contribution in [0.5, 0.6) is 0 Å². The Bertz CT molecular complexity index is 665. The van der Waals surface area contributed by atoms with Crippen LogP contribution in [0.15, 0.2) is 36.5 Å². The van der Waals surface area contributed by atoms with E-state index < -0.39 is 0 Å². The van der Waals surface area contributed by atoms with Gasteiger partial charge in [0.05, 0.1) is 0 Å². The summed E-state index contributed by atoms with van der Waals surface area (Å²) in [5.41, 5.74) is 7.19. The number of piperazine rings is 1. The van der Waals surface area contributed by atoms with E-state index >= 15 is 0 Å². The summed E-state index contributed by atoms with van der Waals surface area (Å²) < 4.78 is 0. The van der Waals surface area contributed by atoms with Gasteiger partial charge in [0.15, 0.2) is 5.13 Å². The molecule has 128 valence electrons. The van der Waals surface area contributed by atoms with Gasteiger partial charge >= 0.3 is 0 Å². The Kier molecular flexibility index (Phi) is 5.48. The van der Waals surface area contributed by atoms with Crippen molar-refractivity contribution in [1.29, 1.82) is 0 Å². The van der Waals surface area contributed by atoms with Crippen LogP contribution in [0.1, 0.15) is 29.8 Å². The number of thiazole rings is 1. The van der Waals surface area contributed by atoms with Crippen LogP contribution in [0.25, 0.3) is 0 Å². The van der Waals surface area contributed by atoms with Crippen molar-refractivity contribution in [2.75, 3.05) is 31.1 Å². The third kappa shape index (κ3) is 3.94. The Morgan fingerprint density at radius 2 is 1.96 bits per heavy atom. The number of carbonyl (C=O) groups excluding carboxylic acids is 1. The van der Waals surface area contributed by atoms with Crippen molar-refractivity contribution < 1.29 is 4.79 Å². The standard InChI is InChI=1S/C18H24N4OS/c1-2-15-13-20-18(24-15)22-10-8-21(9-11-22)17(23)12-16(19)14-6-4-3-5-7-14/h3-7,13,16H,2,8-12,19H2,1H3. The van der Waals surface area contributed by atoms with E-state index in [2.05, 4.69) is 16.8 Å². The number of nitrogens with two attached hydrogens (primary N) is 1. The predicted octanol–water partition coefficient (Wildman–Crippen LogP) is 2.44. The summed E-state index contributed by atoms with van der Waals surface area (Å²) in [6, 6.07) is 9.59. The second kappa shape index (κ2) is 7.77. The van der Waals surface area contributed by atoms with Crippen LogP contribution >= 0.6 is 11.3 Å². The molecule has 1 fully saturated rings. The first-order valence-electron chi connectivity index (χ1n) is 8.45. The number of hydrogen-bond donors (Lipinski definition) is 1. The van der Waals surface area contributed by atoms with Crippen molar-refractivity contribution in [3.05, 3.63) is 47.0 Å². The summed E-state index contributed by atoms with van der Waals surface area (Å²) in [7, 11) is 0. The molecule has 0 aliphatic carbocycles. The van der Waals surface area contributed by atoms with E-state index in [0.29, 0.717) is 6.42 Å². The average Bonchev–Trinajstić information content (AvgIpc) is 3.11. The van der Waals surface area contributed by atoms with E-state index in [1.807, 2.05) is 41.4 Å². The molecule has 2 heterocycles. The second-order valence-corrected chi connectivity index (χ2v) is 7.15. The molecule has 1 aromatic heterocycles. The van der Waals surface area contributed by atoms with Crippen molar-refractivity contribution in [2.45, 2.75) is 25.8 Å². The van der Waals surface area contributed by atoms with E-state index in [4.69, 9.17) is 5.73 Å². The number of hydrogen-bond acceptors (Lipinski definition) is 5. The van der Waals surface area contributed by atoms with Gasteiger partial charge in [-0.25, -0.2) is 4.98 Å². The van der Waals surface area contributed by atoms with E-state index in [1.165, 1.54) is 4.88 Å². The Balaban J connectivity index is 1.51. The normalized spacial score (nSPS) is 16.2. The molecule has 2 N–H and O–H groups in total. The van der Waals surface area contributed by atoms with Gasteiger partial charge in [-0.1, -0.05) is 37.3 Å². The Morgan fingerprint density at radius 3 is 2.58 bits per heavy atom. The molecule has 0 spiro atoms. The topological polar surface area (TPSA) is 62.5 Å². The molecule has 1 aromatic carbocycles. The van der Waals surface area contributed by atoms with Gasteiger partial charge in [0, 0.05) is 49.7 Å². The van der Waals surface area contributed by atoms with Crippen LogP contribution in [0, 0.1) is 0 Å². The van der Waals surface area contributed by atoms with Crippen molar-refractivity contribution in [1.82, 2.24) is 9.88 Å². The minimum atomic E-state index is -0.234. The van der Waals surface area contributed by atoms with Crippen molar-refractivity contribution >= 4 is 22.4 Å². The number of amides is 1. The van der Waals surface area contributed by atoms with Crippen LogP contribution in [0.3, 0.4) is 0 Å². The maximum atomic E-state index is 12.5. The fourth-order valence-electron chi connectivity index (χ4n) is 2.89. The molecular weight excluding hydrogens is 320 g/mol. The maximum absolute atomic E-state index is 12.5. The molecule has 0 saturated carbocycles. The largest absolute Gasteiger partial charge is 0.345 e. The summed E-state index contributed by atoms with van der Waals surface area (Å²) in [6.07, 6.45) is 3.34. The molecule has 1 aliphatic heterocycles. The number of aryl methyl sites for hydroxylation is 1. The molecule has 24 heavy (non-hydrogen) atoms. The zero-order chi connectivity index (χ0) is 16.9. The van der Waals surface area contributed by atoms with Gasteiger partial charge in [0.1, 0.15) is 0 Å². The van der Waals surface area contributed by atoms with Crippen molar-refractivity contribution in [3.8, 4) is 0 Å². The molecule has 6 heteroatoms. The Morgan fingerprint density at radius 1 is 1.25 bits per heavy atom. The SMILES string of the molecule is CCc1cnc(N2CCN(C(=O)CC(N)c3ccccc3)CC2)s1. The number of rotatable bonds is 5. The van der Waals surface area contributed by atoms with Crippen LogP contribution in [0.2, 0.25) is 0 Å². The molecule has 3 rings (SSSR count). The fourth-order valence-corrected chi connectivity index (χ4v) is 3.79.